The molecule has 1 heterocycles. The van der Waals surface area contributed by atoms with E-state index in [2.05, 4.69) is 20.8 Å². The van der Waals surface area contributed by atoms with Crippen molar-refractivity contribution in [2.24, 2.45) is 0 Å². The second-order valence-corrected chi connectivity index (χ2v) is 5.72. The number of anilines is 1. The third kappa shape index (κ3) is 4.24. The van der Waals surface area contributed by atoms with Crippen molar-refractivity contribution in [3.8, 4) is 17.2 Å². The third-order valence-corrected chi connectivity index (χ3v) is 3.94. The molecule has 8 nitrogen and oxygen atoms in total. The summed E-state index contributed by atoms with van der Waals surface area (Å²) in [5.41, 5.74) is 7.12. The van der Waals surface area contributed by atoms with E-state index in [0.29, 0.717) is 29.6 Å². The van der Waals surface area contributed by atoms with Gasteiger partial charge in [-0.05, 0) is 24.6 Å². The maximum Gasteiger partial charge on any atom is 0.356 e. The van der Waals surface area contributed by atoms with E-state index in [4.69, 9.17) is 9.47 Å². The van der Waals surface area contributed by atoms with Crippen LogP contribution in [0.5, 0.6) is 11.5 Å². The van der Waals surface area contributed by atoms with Gasteiger partial charge in [-0.1, -0.05) is 30.3 Å². The van der Waals surface area contributed by atoms with E-state index < -0.39 is 5.69 Å². The summed E-state index contributed by atoms with van der Waals surface area (Å²) in [6.45, 7) is 2.31. The molecule has 0 radical (unpaired) electrons. The fraction of sp³-hybridized carbons (Fsp3) is 0.211. The lowest BCUT2D eigenvalue weighted by molar-refractivity contribution is 0.355. The zero-order chi connectivity index (χ0) is 19.2. The summed E-state index contributed by atoms with van der Waals surface area (Å²) in [6.07, 6.45) is 0. The number of aromatic nitrogens is 3. The normalized spacial score (nSPS) is 10.5. The molecule has 0 aliphatic rings. The van der Waals surface area contributed by atoms with Crippen molar-refractivity contribution in [2.75, 3.05) is 19.6 Å². The highest BCUT2D eigenvalue weighted by molar-refractivity contribution is 5.49. The Hall–Kier alpha value is -3.39. The van der Waals surface area contributed by atoms with Crippen molar-refractivity contribution in [3.63, 3.8) is 0 Å². The highest BCUT2D eigenvalue weighted by atomic mass is 16.5. The molecule has 140 valence electrons. The Morgan fingerprint density at radius 3 is 2.41 bits per heavy atom. The number of aryl methyl sites for hydroxylation is 1. The smallest absolute Gasteiger partial charge is 0.356 e. The number of benzene rings is 2. The first kappa shape index (κ1) is 18.4. The summed E-state index contributed by atoms with van der Waals surface area (Å²) in [7, 11) is 3.10. The molecule has 1 aromatic heterocycles. The van der Waals surface area contributed by atoms with E-state index in [9.17, 15) is 4.79 Å². The van der Waals surface area contributed by atoms with Crippen LogP contribution in [0.2, 0.25) is 0 Å². The van der Waals surface area contributed by atoms with Gasteiger partial charge in [0.2, 0.25) is 5.95 Å². The van der Waals surface area contributed by atoms with E-state index >= 15 is 0 Å². The molecule has 0 amide bonds. The highest BCUT2D eigenvalue weighted by Crippen LogP contribution is 2.28. The monoisotopic (exact) mass is 367 g/mol. The highest BCUT2D eigenvalue weighted by Gasteiger charge is 2.12. The maximum absolute atomic E-state index is 12.5. The molecule has 0 aliphatic heterocycles. The van der Waals surface area contributed by atoms with Gasteiger partial charge in [-0.15, -0.1) is 0 Å². The quantitative estimate of drug-likeness (QED) is 0.618. The van der Waals surface area contributed by atoms with Crippen molar-refractivity contribution < 1.29 is 9.47 Å². The lowest BCUT2D eigenvalue weighted by Crippen LogP contribution is -2.30. The van der Waals surface area contributed by atoms with Crippen molar-refractivity contribution in [3.05, 3.63) is 70.4 Å². The minimum atomic E-state index is -0.446. The van der Waals surface area contributed by atoms with Crippen LogP contribution in [0.25, 0.3) is 5.69 Å². The predicted octanol–water partition coefficient (Wildman–Crippen LogP) is 2.07. The van der Waals surface area contributed by atoms with E-state index in [1.54, 1.807) is 39.3 Å². The Morgan fingerprint density at radius 1 is 1.00 bits per heavy atom. The van der Waals surface area contributed by atoms with Crippen molar-refractivity contribution in [1.29, 1.82) is 0 Å². The first-order chi connectivity index (χ1) is 13.1. The van der Waals surface area contributed by atoms with Crippen LogP contribution in [0.4, 0.5) is 5.95 Å². The molecule has 0 aliphatic carbocycles. The molecule has 27 heavy (non-hydrogen) atoms. The van der Waals surface area contributed by atoms with Crippen LogP contribution in [0.3, 0.4) is 0 Å². The molecule has 2 aromatic carbocycles. The van der Waals surface area contributed by atoms with E-state index in [-0.39, 0.29) is 5.95 Å². The van der Waals surface area contributed by atoms with E-state index in [0.717, 1.165) is 5.56 Å². The topological polar surface area (TPSA) is 90.3 Å². The number of ether oxygens (including phenoxy) is 2. The number of methoxy groups -OCH3 is 2. The van der Waals surface area contributed by atoms with Crippen molar-refractivity contribution >= 4 is 5.95 Å². The van der Waals surface area contributed by atoms with Crippen LogP contribution in [-0.4, -0.2) is 28.8 Å². The summed E-state index contributed by atoms with van der Waals surface area (Å²) >= 11 is 0. The molecular weight excluding hydrogens is 346 g/mol. The van der Waals surface area contributed by atoms with Gasteiger partial charge in [-0.3, -0.25) is 5.43 Å². The number of hydrogen-bond acceptors (Lipinski definition) is 7. The summed E-state index contributed by atoms with van der Waals surface area (Å²) in [5.74, 6) is 1.81. The standard InChI is InChI=1S/C19H21N5O3/c1-13-21-18(23-20-12-14-7-5-4-6-8-14)22-19(25)24(13)15-9-10-16(26-2)17(11-15)27-3/h4-11,20H,12H2,1-3H3,(H,22,23,25). The van der Waals surface area contributed by atoms with Crippen molar-refractivity contribution in [1.82, 2.24) is 20.0 Å². The van der Waals surface area contributed by atoms with Gasteiger partial charge in [-0.2, -0.15) is 9.97 Å². The number of hydrazine groups is 1. The second-order valence-electron chi connectivity index (χ2n) is 5.72. The van der Waals surface area contributed by atoms with Crippen LogP contribution in [0, 0.1) is 6.92 Å². The predicted molar refractivity (Wildman–Crippen MR) is 102 cm³/mol. The Labute approximate surface area is 156 Å². The molecule has 3 rings (SSSR count). The van der Waals surface area contributed by atoms with Gasteiger partial charge in [0.25, 0.3) is 0 Å². The van der Waals surface area contributed by atoms with Gasteiger partial charge in [0.1, 0.15) is 5.82 Å². The lowest BCUT2D eigenvalue weighted by Gasteiger charge is -2.13. The number of hydrogen-bond donors (Lipinski definition) is 2. The minimum absolute atomic E-state index is 0.213. The van der Waals surface area contributed by atoms with Gasteiger partial charge in [0.05, 0.1) is 19.9 Å². The summed E-state index contributed by atoms with van der Waals surface area (Å²) < 4.78 is 11.9. The minimum Gasteiger partial charge on any atom is -0.493 e. The summed E-state index contributed by atoms with van der Waals surface area (Å²) in [4.78, 5) is 20.9. The van der Waals surface area contributed by atoms with Crippen LogP contribution in [0.1, 0.15) is 11.4 Å². The SMILES string of the molecule is COc1ccc(-n2c(C)nc(NNCc3ccccc3)nc2=O)cc1OC. The molecular formula is C19H21N5O3. The first-order valence-electron chi connectivity index (χ1n) is 8.35. The van der Waals surface area contributed by atoms with Gasteiger partial charge in [0, 0.05) is 12.6 Å². The molecule has 0 spiro atoms. The molecule has 0 saturated carbocycles. The first-order valence-corrected chi connectivity index (χ1v) is 8.35. The molecule has 0 unspecified atom stereocenters. The van der Waals surface area contributed by atoms with Gasteiger partial charge in [0.15, 0.2) is 11.5 Å². The Balaban J connectivity index is 1.80. The number of nitrogens with zero attached hydrogens (tertiary/aromatic N) is 3. The molecule has 0 atom stereocenters. The molecule has 0 bridgehead atoms. The van der Waals surface area contributed by atoms with Crippen LogP contribution in [-0.2, 0) is 6.54 Å². The zero-order valence-electron chi connectivity index (χ0n) is 15.4. The fourth-order valence-corrected chi connectivity index (χ4v) is 2.65. The second kappa shape index (κ2) is 8.33. The van der Waals surface area contributed by atoms with Crippen LogP contribution < -0.4 is 26.0 Å². The molecule has 8 heteroatoms. The zero-order valence-corrected chi connectivity index (χ0v) is 15.4. The largest absolute Gasteiger partial charge is 0.493 e. The Morgan fingerprint density at radius 2 is 1.74 bits per heavy atom. The molecule has 2 N–H and O–H groups in total. The third-order valence-electron chi connectivity index (χ3n) is 3.94. The van der Waals surface area contributed by atoms with Crippen LogP contribution >= 0.6 is 0 Å². The van der Waals surface area contributed by atoms with Crippen molar-refractivity contribution in [2.45, 2.75) is 13.5 Å². The lowest BCUT2D eigenvalue weighted by atomic mass is 10.2. The maximum atomic E-state index is 12.5. The molecule has 0 saturated heterocycles. The molecule has 3 aromatic rings. The Kier molecular flexibility index (Phi) is 5.68. The average Bonchev–Trinajstić information content (AvgIpc) is 2.68. The van der Waals surface area contributed by atoms with Crippen LogP contribution in [0.15, 0.2) is 53.3 Å². The summed E-state index contributed by atoms with van der Waals surface area (Å²) in [6, 6.07) is 15.1. The average molecular weight is 367 g/mol. The van der Waals surface area contributed by atoms with E-state index in [1.165, 1.54) is 4.57 Å². The number of nitrogens with one attached hydrogen (secondary N) is 2. The summed E-state index contributed by atoms with van der Waals surface area (Å²) in [5, 5.41) is 0. The van der Waals surface area contributed by atoms with E-state index in [1.807, 2.05) is 30.3 Å². The van der Waals surface area contributed by atoms with Gasteiger partial charge >= 0.3 is 5.69 Å². The Bertz CT molecular complexity index is 973. The van der Waals surface area contributed by atoms with Gasteiger partial charge in [-0.25, -0.2) is 14.8 Å². The fourth-order valence-electron chi connectivity index (χ4n) is 2.65. The number of rotatable bonds is 7. The van der Waals surface area contributed by atoms with Gasteiger partial charge < -0.3 is 9.47 Å². The molecule has 0 fully saturated rings.